The molecule has 0 atom stereocenters. The Balaban J connectivity index is 2.72. The third-order valence-electron chi connectivity index (χ3n) is 2.22. The standard InChI is InChI=1S/C12H14FNO3/c1-14(7-3-4-12(15)16)9-5-6-11(17-2)10(13)8-9/h3-6,8H,7H2,1-2H3,(H,15,16)/b4-3+. The van der Waals surface area contributed by atoms with E-state index in [0.29, 0.717) is 12.2 Å². The van der Waals surface area contributed by atoms with Crippen molar-refractivity contribution in [3.05, 3.63) is 36.2 Å². The summed E-state index contributed by atoms with van der Waals surface area (Å²) in [5, 5.41) is 8.43. The van der Waals surface area contributed by atoms with Crippen molar-refractivity contribution in [1.29, 1.82) is 0 Å². The topological polar surface area (TPSA) is 49.8 Å². The molecule has 5 heteroatoms. The Bertz CT molecular complexity index is 432. The molecule has 0 aliphatic carbocycles. The van der Waals surface area contributed by atoms with Crippen molar-refractivity contribution in [2.45, 2.75) is 0 Å². The lowest BCUT2D eigenvalue weighted by Gasteiger charge is -2.17. The van der Waals surface area contributed by atoms with Crippen LogP contribution in [0.2, 0.25) is 0 Å². The Morgan fingerprint density at radius 1 is 1.59 bits per heavy atom. The molecule has 0 spiro atoms. The van der Waals surface area contributed by atoms with E-state index in [2.05, 4.69) is 0 Å². The minimum atomic E-state index is -1.00. The number of carboxylic acids is 1. The van der Waals surface area contributed by atoms with Gasteiger partial charge in [-0.05, 0) is 12.1 Å². The lowest BCUT2D eigenvalue weighted by atomic mass is 10.2. The van der Waals surface area contributed by atoms with E-state index in [1.54, 1.807) is 18.0 Å². The van der Waals surface area contributed by atoms with Gasteiger partial charge in [0, 0.05) is 31.4 Å². The highest BCUT2D eigenvalue weighted by Crippen LogP contribution is 2.22. The molecule has 1 aromatic carbocycles. The summed E-state index contributed by atoms with van der Waals surface area (Å²) < 4.78 is 18.2. The van der Waals surface area contributed by atoms with Gasteiger partial charge in [0.2, 0.25) is 0 Å². The fraction of sp³-hybridized carbons (Fsp3) is 0.250. The summed E-state index contributed by atoms with van der Waals surface area (Å²) in [6.07, 6.45) is 2.54. The van der Waals surface area contributed by atoms with E-state index >= 15 is 0 Å². The Hall–Kier alpha value is -2.04. The number of halogens is 1. The maximum absolute atomic E-state index is 13.4. The first kappa shape index (κ1) is 13.0. The van der Waals surface area contributed by atoms with Crippen LogP contribution in [0.5, 0.6) is 5.75 Å². The number of benzene rings is 1. The zero-order valence-corrected chi connectivity index (χ0v) is 9.68. The molecule has 0 unspecified atom stereocenters. The summed E-state index contributed by atoms with van der Waals surface area (Å²) in [4.78, 5) is 12.0. The van der Waals surface area contributed by atoms with Gasteiger partial charge >= 0.3 is 5.97 Å². The second-order valence-electron chi connectivity index (χ2n) is 3.44. The molecule has 0 amide bonds. The average molecular weight is 239 g/mol. The van der Waals surface area contributed by atoms with Crippen LogP contribution in [0.25, 0.3) is 0 Å². The second kappa shape index (κ2) is 5.89. The number of rotatable bonds is 5. The summed E-state index contributed by atoms with van der Waals surface area (Å²) in [6, 6.07) is 4.58. The van der Waals surface area contributed by atoms with Crippen molar-refractivity contribution in [2.75, 3.05) is 25.6 Å². The summed E-state index contributed by atoms with van der Waals surface area (Å²) in [6.45, 7) is 0.387. The van der Waals surface area contributed by atoms with Gasteiger partial charge in [0.25, 0.3) is 0 Å². The van der Waals surface area contributed by atoms with Crippen LogP contribution in [0.4, 0.5) is 10.1 Å². The van der Waals surface area contributed by atoms with Gasteiger partial charge in [-0.3, -0.25) is 0 Å². The van der Waals surface area contributed by atoms with E-state index in [1.807, 2.05) is 0 Å². The average Bonchev–Trinajstić information content (AvgIpc) is 2.28. The SMILES string of the molecule is COc1ccc(N(C)C/C=C/C(=O)O)cc1F. The molecule has 0 saturated carbocycles. The first-order valence-corrected chi connectivity index (χ1v) is 4.98. The number of aliphatic carboxylic acids is 1. The number of carbonyl (C=O) groups is 1. The summed E-state index contributed by atoms with van der Waals surface area (Å²) in [7, 11) is 3.14. The molecule has 4 nitrogen and oxygen atoms in total. The number of hydrogen-bond donors (Lipinski definition) is 1. The molecule has 0 aliphatic rings. The molecule has 0 radical (unpaired) electrons. The maximum Gasteiger partial charge on any atom is 0.328 e. The minimum absolute atomic E-state index is 0.184. The van der Waals surface area contributed by atoms with Crippen LogP contribution in [-0.4, -0.2) is 31.8 Å². The number of anilines is 1. The van der Waals surface area contributed by atoms with Crippen LogP contribution in [0.3, 0.4) is 0 Å². The molecule has 0 aromatic heterocycles. The van der Waals surface area contributed by atoms with Gasteiger partial charge in [0.1, 0.15) is 0 Å². The van der Waals surface area contributed by atoms with E-state index in [4.69, 9.17) is 9.84 Å². The van der Waals surface area contributed by atoms with Crippen molar-refractivity contribution in [1.82, 2.24) is 0 Å². The van der Waals surface area contributed by atoms with Gasteiger partial charge in [-0.25, -0.2) is 9.18 Å². The third kappa shape index (κ3) is 3.79. The summed E-state index contributed by atoms with van der Waals surface area (Å²) >= 11 is 0. The summed E-state index contributed by atoms with van der Waals surface area (Å²) in [5.74, 6) is -1.26. The zero-order valence-electron chi connectivity index (χ0n) is 9.68. The predicted molar refractivity (Wildman–Crippen MR) is 63.0 cm³/mol. The maximum atomic E-state index is 13.4. The van der Waals surface area contributed by atoms with E-state index in [0.717, 1.165) is 6.08 Å². The van der Waals surface area contributed by atoms with Gasteiger partial charge in [0.15, 0.2) is 11.6 Å². The second-order valence-corrected chi connectivity index (χ2v) is 3.44. The molecule has 92 valence electrons. The summed E-state index contributed by atoms with van der Waals surface area (Å²) in [5.41, 5.74) is 0.651. The molecule has 17 heavy (non-hydrogen) atoms. The molecular formula is C12H14FNO3. The van der Waals surface area contributed by atoms with Crippen LogP contribution in [0, 0.1) is 5.82 Å². The Morgan fingerprint density at radius 3 is 2.82 bits per heavy atom. The van der Waals surface area contributed by atoms with Crippen molar-refractivity contribution in [3.8, 4) is 5.75 Å². The highest BCUT2D eigenvalue weighted by atomic mass is 19.1. The van der Waals surface area contributed by atoms with Crippen LogP contribution < -0.4 is 9.64 Å². The van der Waals surface area contributed by atoms with Crippen LogP contribution in [-0.2, 0) is 4.79 Å². The number of methoxy groups -OCH3 is 1. The lowest BCUT2D eigenvalue weighted by molar-refractivity contribution is -0.131. The highest BCUT2D eigenvalue weighted by Gasteiger charge is 2.05. The molecular weight excluding hydrogens is 225 g/mol. The fourth-order valence-electron chi connectivity index (χ4n) is 1.31. The number of carboxylic acid groups (broad SMARTS) is 1. The van der Waals surface area contributed by atoms with E-state index < -0.39 is 11.8 Å². The molecule has 1 aromatic rings. The Labute approximate surface area is 98.9 Å². The zero-order chi connectivity index (χ0) is 12.8. The quantitative estimate of drug-likeness (QED) is 0.797. The first-order valence-electron chi connectivity index (χ1n) is 4.98. The molecule has 0 bridgehead atoms. The molecule has 1 N–H and O–H groups in total. The van der Waals surface area contributed by atoms with Gasteiger partial charge < -0.3 is 14.7 Å². The lowest BCUT2D eigenvalue weighted by Crippen LogP contribution is -2.17. The van der Waals surface area contributed by atoms with Crippen molar-refractivity contribution < 1.29 is 19.0 Å². The normalized spacial score (nSPS) is 10.5. The monoisotopic (exact) mass is 239 g/mol. The van der Waals surface area contributed by atoms with E-state index in [-0.39, 0.29) is 5.75 Å². The van der Waals surface area contributed by atoms with Gasteiger partial charge in [0.05, 0.1) is 7.11 Å². The predicted octanol–water partition coefficient (Wildman–Crippen LogP) is 1.91. The van der Waals surface area contributed by atoms with E-state index in [9.17, 15) is 9.18 Å². The largest absolute Gasteiger partial charge is 0.494 e. The van der Waals surface area contributed by atoms with Crippen molar-refractivity contribution >= 4 is 11.7 Å². The number of likely N-dealkylation sites (N-methyl/N-ethyl adjacent to an activating group) is 1. The van der Waals surface area contributed by atoms with Crippen LogP contribution in [0.1, 0.15) is 0 Å². The fourth-order valence-corrected chi connectivity index (χ4v) is 1.31. The van der Waals surface area contributed by atoms with Gasteiger partial charge in [-0.2, -0.15) is 0 Å². The molecule has 1 rings (SSSR count). The van der Waals surface area contributed by atoms with Crippen LogP contribution in [0.15, 0.2) is 30.4 Å². The van der Waals surface area contributed by atoms with Gasteiger partial charge in [-0.15, -0.1) is 0 Å². The number of hydrogen-bond acceptors (Lipinski definition) is 3. The number of nitrogens with zero attached hydrogens (tertiary/aromatic N) is 1. The molecule has 0 aliphatic heterocycles. The van der Waals surface area contributed by atoms with Gasteiger partial charge in [-0.1, -0.05) is 6.08 Å². The van der Waals surface area contributed by atoms with Crippen molar-refractivity contribution in [3.63, 3.8) is 0 Å². The smallest absolute Gasteiger partial charge is 0.328 e. The minimum Gasteiger partial charge on any atom is -0.494 e. The Kier molecular flexibility index (Phi) is 4.51. The number of ether oxygens (including phenoxy) is 1. The Morgan fingerprint density at radius 2 is 2.29 bits per heavy atom. The van der Waals surface area contributed by atoms with Crippen LogP contribution >= 0.6 is 0 Å². The molecule has 0 fully saturated rings. The molecule has 0 saturated heterocycles. The van der Waals surface area contributed by atoms with Crippen molar-refractivity contribution in [2.24, 2.45) is 0 Å². The molecule has 0 heterocycles. The van der Waals surface area contributed by atoms with E-state index in [1.165, 1.54) is 25.3 Å². The first-order chi connectivity index (χ1) is 8.04. The highest BCUT2D eigenvalue weighted by molar-refractivity contribution is 5.79. The third-order valence-corrected chi connectivity index (χ3v) is 2.22.